The van der Waals surface area contributed by atoms with Crippen LogP contribution in [0.2, 0.25) is 0 Å². The fraction of sp³-hybridized carbons (Fsp3) is 0.857. The van der Waals surface area contributed by atoms with Gasteiger partial charge in [-0.05, 0) is 38.5 Å². The Morgan fingerprint density at radius 3 is 2.58 bits per heavy atom. The summed E-state index contributed by atoms with van der Waals surface area (Å²) in [5.41, 5.74) is 0. The van der Waals surface area contributed by atoms with Gasteiger partial charge in [-0.15, -0.1) is 0 Å². The minimum Gasteiger partial charge on any atom is -0.480 e. The second-order valence-corrected chi connectivity index (χ2v) is 5.70. The van der Waals surface area contributed by atoms with Crippen LogP contribution in [0.4, 0.5) is 0 Å². The van der Waals surface area contributed by atoms with Crippen LogP contribution in [-0.2, 0) is 14.3 Å². The number of likely N-dealkylation sites (tertiary alicyclic amines) is 1. The summed E-state index contributed by atoms with van der Waals surface area (Å²) in [6.07, 6.45) is 3.69. The van der Waals surface area contributed by atoms with Gasteiger partial charge in [0.15, 0.2) is 0 Å². The summed E-state index contributed by atoms with van der Waals surface area (Å²) < 4.78 is 5.57. The summed E-state index contributed by atoms with van der Waals surface area (Å²) in [5, 5.41) is 9.33. The number of carboxylic acids is 1. The van der Waals surface area contributed by atoms with Crippen molar-refractivity contribution < 1.29 is 19.4 Å². The maximum atomic E-state index is 12.4. The van der Waals surface area contributed by atoms with Crippen LogP contribution in [0.5, 0.6) is 0 Å². The van der Waals surface area contributed by atoms with Gasteiger partial charge in [0.05, 0.1) is 6.10 Å². The number of rotatable bonds is 3. The van der Waals surface area contributed by atoms with Gasteiger partial charge >= 0.3 is 5.97 Å². The fourth-order valence-electron chi connectivity index (χ4n) is 3.08. The highest BCUT2D eigenvalue weighted by Gasteiger charge is 2.40. The lowest BCUT2D eigenvalue weighted by molar-refractivity contribution is -0.158. The SMILES string of the molecule is CCC1CCN(C(=O)C2CCC(C)O2)C(C(=O)O)C1. The molecule has 2 saturated heterocycles. The largest absolute Gasteiger partial charge is 0.480 e. The number of carboxylic acid groups (broad SMARTS) is 1. The van der Waals surface area contributed by atoms with Gasteiger partial charge in [-0.3, -0.25) is 4.79 Å². The number of carbonyl (C=O) groups excluding carboxylic acids is 1. The maximum absolute atomic E-state index is 12.4. The number of piperidine rings is 1. The van der Waals surface area contributed by atoms with E-state index >= 15 is 0 Å². The number of nitrogens with zero attached hydrogens (tertiary/aromatic N) is 1. The van der Waals surface area contributed by atoms with Gasteiger partial charge in [0.2, 0.25) is 0 Å². The molecule has 19 heavy (non-hydrogen) atoms. The highest BCUT2D eigenvalue weighted by Crippen LogP contribution is 2.28. The van der Waals surface area contributed by atoms with Crippen molar-refractivity contribution in [1.82, 2.24) is 4.90 Å². The predicted molar refractivity (Wildman–Crippen MR) is 69.7 cm³/mol. The first-order valence-electron chi connectivity index (χ1n) is 7.21. The van der Waals surface area contributed by atoms with Gasteiger partial charge in [-0.25, -0.2) is 4.79 Å². The van der Waals surface area contributed by atoms with Gasteiger partial charge in [-0.1, -0.05) is 13.3 Å². The Morgan fingerprint density at radius 1 is 1.32 bits per heavy atom. The van der Waals surface area contributed by atoms with Gasteiger partial charge < -0.3 is 14.7 Å². The third kappa shape index (κ3) is 3.08. The normalized spacial score (nSPS) is 35.4. The zero-order valence-corrected chi connectivity index (χ0v) is 11.7. The zero-order valence-electron chi connectivity index (χ0n) is 11.7. The third-order valence-electron chi connectivity index (χ3n) is 4.36. The molecule has 0 bridgehead atoms. The first-order chi connectivity index (χ1) is 9.02. The van der Waals surface area contributed by atoms with E-state index in [1.54, 1.807) is 0 Å². The summed E-state index contributed by atoms with van der Waals surface area (Å²) in [5.74, 6) is -0.614. The molecule has 5 nitrogen and oxygen atoms in total. The molecule has 4 atom stereocenters. The van der Waals surface area contributed by atoms with Crippen LogP contribution in [-0.4, -0.2) is 46.7 Å². The van der Waals surface area contributed by atoms with Gasteiger partial charge in [-0.2, -0.15) is 0 Å². The first kappa shape index (κ1) is 14.3. The number of carbonyl (C=O) groups is 2. The summed E-state index contributed by atoms with van der Waals surface area (Å²) in [6.45, 7) is 4.57. The smallest absolute Gasteiger partial charge is 0.326 e. The van der Waals surface area contributed by atoms with Crippen molar-refractivity contribution in [3.63, 3.8) is 0 Å². The Morgan fingerprint density at radius 2 is 2.05 bits per heavy atom. The lowest BCUT2D eigenvalue weighted by atomic mass is 9.88. The molecular weight excluding hydrogens is 246 g/mol. The standard InChI is InChI=1S/C14H23NO4/c1-3-10-6-7-15(11(8-10)14(17)18)13(16)12-5-4-9(2)19-12/h9-12H,3-8H2,1-2H3,(H,17,18). The van der Waals surface area contributed by atoms with Crippen molar-refractivity contribution in [3.8, 4) is 0 Å². The molecule has 0 aromatic rings. The molecule has 0 radical (unpaired) electrons. The molecule has 4 unspecified atom stereocenters. The molecule has 1 amide bonds. The second kappa shape index (κ2) is 5.90. The van der Waals surface area contributed by atoms with Gasteiger partial charge in [0.25, 0.3) is 5.91 Å². The lowest BCUT2D eigenvalue weighted by Crippen LogP contribution is -2.53. The highest BCUT2D eigenvalue weighted by atomic mass is 16.5. The average Bonchev–Trinajstić information content (AvgIpc) is 2.83. The van der Waals surface area contributed by atoms with E-state index in [1.807, 2.05) is 6.92 Å². The molecule has 2 aliphatic heterocycles. The molecule has 0 aromatic heterocycles. The summed E-state index contributed by atoms with van der Waals surface area (Å²) >= 11 is 0. The van der Waals surface area contributed by atoms with E-state index in [0.29, 0.717) is 25.3 Å². The van der Waals surface area contributed by atoms with E-state index in [-0.39, 0.29) is 12.0 Å². The molecule has 2 fully saturated rings. The number of hydrogen-bond acceptors (Lipinski definition) is 3. The Kier molecular flexibility index (Phi) is 4.45. The average molecular weight is 269 g/mol. The minimum absolute atomic E-state index is 0.102. The molecule has 2 heterocycles. The quantitative estimate of drug-likeness (QED) is 0.846. The van der Waals surface area contributed by atoms with Crippen LogP contribution in [0.1, 0.15) is 46.0 Å². The third-order valence-corrected chi connectivity index (χ3v) is 4.36. The number of ether oxygens (including phenoxy) is 1. The van der Waals surface area contributed by atoms with E-state index in [9.17, 15) is 14.7 Å². The number of amides is 1. The molecular formula is C14H23NO4. The molecule has 2 aliphatic rings. The fourth-order valence-corrected chi connectivity index (χ4v) is 3.08. The Labute approximate surface area is 113 Å². The van der Waals surface area contributed by atoms with E-state index < -0.39 is 18.1 Å². The van der Waals surface area contributed by atoms with Crippen LogP contribution in [0, 0.1) is 5.92 Å². The molecule has 5 heteroatoms. The second-order valence-electron chi connectivity index (χ2n) is 5.70. The van der Waals surface area contributed by atoms with E-state index in [0.717, 1.165) is 19.3 Å². The Hall–Kier alpha value is -1.10. The molecule has 2 rings (SSSR count). The summed E-state index contributed by atoms with van der Waals surface area (Å²) in [4.78, 5) is 25.3. The molecule has 0 aliphatic carbocycles. The van der Waals surface area contributed by atoms with E-state index in [4.69, 9.17) is 4.74 Å². The van der Waals surface area contributed by atoms with Crippen molar-refractivity contribution in [2.75, 3.05) is 6.54 Å². The van der Waals surface area contributed by atoms with Gasteiger partial charge in [0, 0.05) is 6.54 Å². The van der Waals surface area contributed by atoms with Crippen LogP contribution in [0.25, 0.3) is 0 Å². The Bertz CT molecular complexity index is 357. The van der Waals surface area contributed by atoms with Crippen molar-refractivity contribution in [2.24, 2.45) is 5.92 Å². The minimum atomic E-state index is -0.891. The molecule has 108 valence electrons. The van der Waals surface area contributed by atoms with Crippen molar-refractivity contribution in [3.05, 3.63) is 0 Å². The molecule has 0 saturated carbocycles. The number of aliphatic carboxylic acids is 1. The van der Waals surface area contributed by atoms with E-state index in [2.05, 4.69) is 6.92 Å². The van der Waals surface area contributed by atoms with E-state index in [1.165, 1.54) is 4.90 Å². The van der Waals surface area contributed by atoms with Crippen molar-refractivity contribution in [2.45, 2.75) is 64.2 Å². The van der Waals surface area contributed by atoms with Crippen LogP contribution < -0.4 is 0 Å². The van der Waals surface area contributed by atoms with Crippen LogP contribution >= 0.6 is 0 Å². The summed E-state index contributed by atoms with van der Waals surface area (Å²) in [7, 11) is 0. The predicted octanol–water partition coefficient (Wildman–Crippen LogP) is 1.66. The molecule has 0 aromatic carbocycles. The van der Waals surface area contributed by atoms with Crippen LogP contribution in [0.3, 0.4) is 0 Å². The monoisotopic (exact) mass is 269 g/mol. The molecule has 0 spiro atoms. The lowest BCUT2D eigenvalue weighted by Gasteiger charge is -2.38. The summed E-state index contributed by atoms with van der Waals surface area (Å²) in [6, 6.07) is -0.675. The highest BCUT2D eigenvalue weighted by molar-refractivity contribution is 5.86. The molecule has 1 N–H and O–H groups in total. The van der Waals surface area contributed by atoms with Crippen molar-refractivity contribution >= 4 is 11.9 Å². The topological polar surface area (TPSA) is 66.8 Å². The first-order valence-corrected chi connectivity index (χ1v) is 7.21. The van der Waals surface area contributed by atoms with Crippen LogP contribution in [0.15, 0.2) is 0 Å². The van der Waals surface area contributed by atoms with Crippen molar-refractivity contribution in [1.29, 1.82) is 0 Å². The van der Waals surface area contributed by atoms with Gasteiger partial charge in [0.1, 0.15) is 12.1 Å². The maximum Gasteiger partial charge on any atom is 0.326 e. The zero-order chi connectivity index (χ0) is 14.0. The number of hydrogen-bond donors (Lipinski definition) is 1. The Balaban J connectivity index is 2.04.